The fourth-order valence-corrected chi connectivity index (χ4v) is 0.280. The van der Waals surface area contributed by atoms with Gasteiger partial charge in [0.2, 0.25) is 0 Å². The van der Waals surface area contributed by atoms with Crippen LogP contribution in [0.3, 0.4) is 0 Å². The van der Waals surface area contributed by atoms with E-state index in [1.807, 2.05) is 0 Å². The minimum atomic E-state index is -0.697. The van der Waals surface area contributed by atoms with E-state index in [-0.39, 0.29) is 32.7 Å². The molecule has 0 N–H and O–H groups in total. The predicted octanol–water partition coefficient (Wildman–Crippen LogP) is 0.339. The molecule has 8 heavy (non-hydrogen) atoms. The normalized spacial score (nSPS) is 8.12. The van der Waals surface area contributed by atoms with E-state index in [0.717, 1.165) is 0 Å². The van der Waals surface area contributed by atoms with E-state index < -0.39 is 5.82 Å². The first kappa shape index (κ1) is 8.11. The largest absolute Gasteiger partial charge is 0.585 e. The van der Waals surface area contributed by atoms with Gasteiger partial charge in [0.05, 0.1) is 0 Å². The third-order valence-corrected chi connectivity index (χ3v) is 0.515. The molecule has 1 aromatic rings. The Bertz CT molecular complexity index is 199. The summed E-state index contributed by atoms with van der Waals surface area (Å²) in [6.45, 7) is 1.59. The molecule has 0 atom stereocenters. The van der Waals surface area contributed by atoms with Crippen molar-refractivity contribution in [2.45, 2.75) is 6.92 Å². The molecule has 1 radical (unpaired) electrons. The van der Waals surface area contributed by atoms with Crippen molar-refractivity contribution in [3.63, 3.8) is 0 Å². The van der Waals surface area contributed by atoms with Gasteiger partial charge in [0.25, 0.3) is 0 Å². The third kappa shape index (κ3) is 1.92. The number of hydrogen-bond donors (Lipinski definition) is 0. The fourth-order valence-electron chi connectivity index (χ4n) is 0.280. The second kappa shape index (κ2) is 3.20. The average Bonchev–Trinajstić information content (AvgIpc) is 1.87. The molecule has 4 heteroatoms. The molecular weight excluding hydrogens is 185 g/mol. The predicted molar refractivity (Wildman–Crippen MR) is 20.8 cm³/mol. The summed E-state index contributed by atoms with van der Waals surface area (Å²) >= 11 is 0. The van der Waals surface area contributed by atoms with Crippen LogP contribution < -0.4 is 5.82 Å². The Labute approximate surface area is 70.9 Å². The molecule has 0 aliphatic rings. The van der Waals surface area contributed by atoms with E-state index in [4.69, 9.17) is 0 Å². The van der Waals surface area contributed by atoms with Crippen molar-refractivity contribution >= 4 is 0 Å². The zero-order valence-electron chi connectivity index (χ0n) is 4.30. The first-order valence-corrected chi connectivity index (χ1v) is 1.77. The molecule has 0 aromatic carbocycles. The van der Waals surface area contributed by atoms with E-state index in [2.05, 4.69) is 15.1 Å². The van der Waals surface area contributed by atoms with Crippen molar-refractivity contribution in [2.24, 2.45) is 0 Å². The molecule has 1 rings (SSSR count). The molecule has 41 valence electrons. The van der Waals surface area contributed by atoms with Crippen LogP contribution in [0.1, 0.15) is 5.76 Å². The molecule has 0 fully saturated rings. The molecule has 0 bridgehead atoms. The van der Waals surface area contributed by atoms with Gasteiger partial charge in [0.1, 0.15) is 0 Å². The summed E-state index contributed by atoms with van der Waals surface area (Å²) in [5.41, 5.74) is 0. The Hall–Kier alpha value is 0.114. The number of hydrogen-bond acceptors (Lipinski definition) is 3. The van der Waals surface area contributed by atoms with Crippen LogP contribution in [0.2, 0.25) is 0 Å². The van der Waals surface area contributed by atoms with Crippen molar-refractivity contribution < 1.29 is 41.5 Å². The van der Waals surface area contributed by atoms with Gasteiger partial charge in [-0.2, -0.15) is 0 Å². The van der Waals surface area contributed by atoms with Crippen molar-refractivity contribution in [3.05, 3.63) is 22.6 Å². The van der Waals surface area contributed by atoms with Crippen LogP contribution in [0.5, 0.6) is 0 Å². The van der Waals surface area contributed by atoms with Crippen LogP contribution in [-0.2, 0) is 32.7 Å². The first-order valence-electron chi connectivity index (χ1n) is 1.77. The zero-order valence-corrected chi connectivity index (χ0v) is 7.14. The van der Waals surface area contributed by atoms with Crippen LogP contribution in [0.15, 0.2) is 13.6 Å². The summed E-state index contributed by atoms with van der Waals surface area (Å²) in [4.78, 5) is 9.93. The van der Waals surface area contributed by atoms with E-state index in [1.54, 1.807) is 6.92 Å². The Morgan fingerprint density at radius 3 is 2.38 bits per heavy atom. The summed E-state index contributed by atoms with van der Waals surface area (Å²) in [6.07, 6.45) is 2.21. The second-order valence-corrected chi connectivity index (χ2v) is 1.11. The van der Waals surface area contributed by atoms with Crippen molar-refractivity contribution in [1.29, 1.82) is 0 Å². The maximum atomic E-state index is 9.93. The second-order valence-electron chi connectivity index (χ2n) is 1.11. The van der Waals surface area contributed by atoms with Crippen LogP contribution in [0.4, 0.5) is 0 Å². The molecule has 1 aromatic heterocycles. The van der Waals surface area contributed by atoms with Crippen molar-refractivity contribution in [2.75, 3.05) is 0 Å². The Morgan fingerprint density at radius 1 is 1.62 bits per heavy atom. The Kier molecular flexibility index (Phi) is 3.25. The number of rotatable bonds is 0. The summed E-state index contributed by atoms with van der Waals surface area (Å²) in [7, 11) is 0. The van der Waals surface area contributed by atoms with Gasteiger partial charge in [0.15, 0.2) is 0 Å². The maximum Gasteiger partial charge on any atom is 0.345 e. The Morgan fingerprint density at radius 2 is 2.25 bits per heavy atom. The van der Waals surface area contributed by atoms with Gasteiger partial charge in [-0.15, -0.1) is 0 Å². The minimum absolute atomic E-state index is 0. The van der Waals surface area contributed by atoms with Crippen LogP contribution in [0, 0.1) is 13.2 Å². The van der Waals surface area contributed by atoms with Crippen molar-refractivity contribution in [3.8, 4) is 0 Å². The fraction of sp³-hybridized carbons (Fsp3) is 0.250. The van der Waals surface area contributed by atoms with Crippen LogP contribution in [0.25, 0.3) is 0 Å². The molecule has 0 aliphatic heterocycles. The van der Waals surface area contributed by atoms with E-state index in [9.17, 15) is 4.79 Å². The smallest absolute Gasteiger partial charge is 0.345 e. The molecule has 3 nitrogen and oxygen atoms in total. The molecule has 0 aliphatic carbocycles. The van der Waals surface area contributed by atoms with Gasteiger partial charge >= 0.3 is 5.82 Å². The SMILES string of the molecule is Cc1[c-]oc(=O)o1.[Y]. The van der Waals surface area contributed by atoms with Gasteiger partial charge in [-0.25, -0.2) is 0 Å². The maximum absolute atomic E-state index is 9.93. The average molecular weight is 188 g/mol. The standard InChI is InChI=1S/C4H3O3.Y/c1-3-2-6-4(5)7-3;/h1H3;/q-1;. The van der Waals surface area contributed by atoms with Crippen LogP contribution in [-0.4, -0.2) is 0 Å². The van der Waals surface area contributed by atoms with Gasteiger partial charge in [0, 0.05) is 38.5 Å². The molecule has 1 heterocycles. The third-order valence-electron chi connectivity index (χ3n) is 0.515. The Balaban J connectivity index is 0.000000490. The van der Waals surface area contributed by atoms with E-state index >= 15 is 0 Å². The summed E-state index contributed by atoms with van der Waals surface area (Å²) in [5, 5.41) is 0. The summed E-state index contributed by atoms with van der Waals surface area (Å²) in [5.74, 6) is -0.317. The topological polar surface area (TPSA) is 43.4 Å². The quantitative estimate of drug-likeness (QED) is 0.551. The molecule has 0 saturated heterocycles. The van der Waals surface area contributed by atoms with Gasteiger partial charge < -0.3 is 13.6 Å². The van der Waals surface area contributed by atoms with E-state index in [1.165, 1.54) is 0 Å². The molecule has 0 amide bonds. The number of aryl methyl sites for hydroxylation is 1. The summed E-state index contributed by atoms with van der Waals surface area (Å²) in [6, 6.07) is 0. The van der Waals surface area contributed by atoms with Gasteiger partial charge in [-0.05, 0) is 13.2 Å². The van der Waals surface area contributed by atoms with Crippen molar-refractivity contribution in [1.82, 2.24) is 0 Å². The molecular formula is C4H3O3Y-. The molecule has 0 unspecified atom stereocenters. The molecule has 0 spiro atoms. The van der Waals surface area contributed by atoms with Crippen LogP contribution >= 0.6 is 0 Å². The first-order chi connectivity index (χ1) is 3.29. The van der Waals surface area contributed by atoms with Gasteiger partial charge in [-0.1, -0.05) is 0 Å². The molecule has 0 saturated carbocycles. The monoisotopic (exact) mass is 188 g/mol. The minimum Gasteiger partial charge on any atom is -0.585 e. The zero-order chi connectivity index (χ0) is 5.28. The van der Waals surface area contributed by atoms with E-state index in [0.29, 0.717) is 5.76 Å². The summed E-state index contributed by atoms with van der Waals surface area (Å²) < 4.78 is 8.42. The van der Waals surface area contributed by atoms with Gasteiger partial charge in [-0.3, -0.25) is 0 Å².